The molecule has 1 unspecified atom stereocenters. The molecule has 2 aromatic heterocycles. The van der Waals surface area contributed by atoms with Crippen molar-refractivity contribution in [3.05, 3.63) is 16.8 Å². The number of rotatable bonds is 3. The second kappa shape index (κ2) is 5.40. The van der Waals surface area contributed by atoms with Gasteiger partial charge in [0.05, 0.1) is 18.6 Å². The molecule has 0 radical (unpaired) electrons. The summed E-state index contributed by atoms with van der Waals surface area (Å²) in [4.78, 5) is 11.1. The SMILES string of the molecule is Cc1sc2ncnc(NCC3COCCN3)c2c1C. The molecule has 0 bridgehead atoms. The predicted octanol–water partition coefficient (Wildman–Crippen LogP) is 1.71. The molecule has 1 fully saturated rings. The molecule has 0 aromatic carbocycles. The highest BCUT2D eigenvalue weighted by molar-refractivity contribution is 7.18. The fourth-order valence-corrected chi connectivity index (χ4v) is 3.28. The van der Waals surface area contributed by atoms with Crippen molar-refractivity contribution in [2.45, 2.75) is 19.9 Å². The van der Waals surface area contributed by atoms with Crippen LogP contribution in [0.4, 0.5) is 5.82 Å². The van der Waals surface area contributed by atoms with Gasteiger partial charge in [-0.2, -0.15) is 0 Å². The summed E-state index contributed by atoms with van der Waals surface area (Å²) in [6, 6.07) is 0.346. The van der Waals surface area contributed by atoms with Crippen molar-refractivity contribution in [2.75, 3.05) is 31.6 Å². The molecule has 19 heavy (non-hydrogen) atoms. The summed E-state index contributed by atoms with van der Waals surface area (Å²) in [7, 11) is 0. The van der Waals surface area contributed by atoms with Crippen molar-refractivity contribution in [1.29, 1.82) is 0 Å². The second-order valence-electron chi connectivity index (χ2n) is 4.79. The smallest absolute Gasteiger partial charge is 0.138 e. The highest BCUT2D eigenvalue weighted by Crippen LogP contribution is 2.32. The molecule has 0 aliphatic carbocycles. The van der Waals surface area contributed by atoms with Gasteiger partial charge in [0, 0.05) is 24.0 Å². The molecule has 6 heteroatoms. The van der Waals surface area contributed by atoms with Crippen LogP contribution in [0.3, 0.4) is 0 Å². The molecule has 3 heterocycles. The van der Waals surface area contributed by atoms with E-state index in [1.807, 2.05) is 0 Å². The number of aryl methyl sites for hydroxylation is 2. The van der Waals surface area contributed by atoms with Gasteiger partial charge in [0.15, 0.2) is 0 Å². The van der Waals surface area contributed by atoms with Gasteiger partial charge in [0.25, 0.3) is 0 Å². The average molecular weight is 278 g/mol. The van der Waals surface area contributed by atoms with E-state index >= 15 is 0 Å². The molecule has 5 nitrogen and oxygen atoms in total. The van der Waals surface area contributed by atoms with Crippen LogP contribution < -0.4 is 10.6 Å². The van der Waals surface area contributed by atoms with Gasteiger partial charge in [-0.1, -0.05) is 0 Å². The summed E-state index contributed by atoms with van der Waals surface area (Å²) < 4.78 is 5.45. The number of aromatic nitrogens is 2. The minimum Gasteiger partial charge on any atom is -0.378 e. The Kier molecular flexibility index (Phi) is 3.63. The molecule has 1 atom stereocenters. The Labute approximate surface area is 116 Å². The van der Waals surface area contributed by atoms with Crippen LogP contribution in [0.25, 0.3) is 10.2 Å². The minimum absolute atomic E-state index is 0.346. The average Bonchev–Trinajstić information content (AvgIpc) is 2.74. The van der Waals surface area contributed by atoms with Gasteiger partial charge in [-0.25, -0.2) is 9.97 Å². The first-order valence-electron chi connectivity index (χ1n) is 6.51. The number of morpholine rings is 1. The van der Waals surface area contributed by atoms with Crippen LogP contribution in [0.15, 0.2) is 6.33 Å². The van der Waals surface area contributed by atoms with Crippen LogP contribution in [-0.2, 0) is 4.74 Å². The van der Waals surface area contributed by atoms with Crippen molar-refractivity contribution in [3.63, 3.8) is 0 Å². The monoisotopic (exact) mass is 278 g/mol. The number of nitrogens with zero attached hydrogens (tertiary/aromatic N) is 2. The lowest BCUT2D eigenvalue weighted by molar-refractivity contribution is 0.0806. The maximum absolute atomic E-state index is 5.45. The van der Waals surface area contributed by atoms with Gasteiger partial charge in [-0.15, -0.1) is 11.3 Å². The van der Waals surface area contributed by atoms with Crippen LogP contribution in [0.2, 0.25) is 0 Å². The van der Waals surface area contributed by atoms with E-state index < -0.39 is 0 Å². The lowest BCUT2D eigenvalue weighted by Crippen LogP contribution is -2.45. The third kappa shape index (κ3) is 2.56. The largest absolute Gasteiger partial charge is 0.378 e. The van der Waals surface area contributed by atoms with Crippen LogP contribution >= 0.6 is 11.3 Å². The Bertz CT molecular complexity index is 577. The molecule has 0 amide bonds. The Balaban J connectivity index is 1.80. The quantitative estimate of drug-likeness (QED) is 0.895. The molecular formula is C13H18N4OS. The van der Waals surface area contributed by atoms with Crippen molar-refractivity contribution in [1.82, 2.24) is 15.3 Å². The summed E-state index contributed by atoms with van der Waals surface area (Å²) >= 11 is 1.72. The first kappa shape index (κ1) is 12.8. The second-order valence-corrected chi connectivity index (χ2v) is 6.00. The first-order chi connectivity index (χ1) is 9.25. The van der Waals surface area contributed by atoms with E-state index in [-0.39, 0.29) is 0 Å². The van der Waals surface area contributed by atoms with E-state index in [4.69, 9.17) is 4.74 Å². The molecule has 3 rings (SSSR count). The lowest BCUT2D eigenvalue weighted by Gasteiger charge is -2.24. The van der Waals surface area contributed by atoms with E-state index in [1.165, 1.54) is 10.4 Å². The molecule has 102 valence electrons. The van der Waals surface area contributed by atoms with E-state index in [2.05, 4.69) is 34.4 Å². The van der Waals surface area contributed by atoms with E-state index in [1.54, 1.807) is 17.7 Å². The fraction of sp³-hybridized carbons (Fsp3) is 0.538. The number of thiophene rings is 1. The molecule has 0 saturated carbocycles. The van der Waals surface area contributed by atoms with Crippen molar-refractivity contribution >= 4 is 27.4 Å². The third-order valence-corrected chi connectivity index (χ3v) is 4.59. The van der Waals surface area contributed by atoms with Gasteiger partial charge in [-0.05, 0) is 19.4 Å². The zero-order valence-corrected chi connectivity index (χ0v) is 12.0. The van der Waals surface area contributed by atoms with Gasteiger partial charge in [-0.3, -0.25) is 0 Å². The maximum atomic E-state index is 5.45. The van der Waals surface area contributed by atoms with E-state index in [9.17, 15) is 0 Å². The van der Waals surface area contributed by atoms with E-state index in [0.717, 1.165) is 42.3 Å². The maximum Gasteiger partial charge on any atom is 0.138 e. The van der Waals surface area contributed by atoms with Gasteiger partial charge >= 0.3 is 0 Å². The Morgan fingerprint density at radius 2 is 2.37 bits per heavy atom. The fourth-order valence-electron chi connectivity index (χ4n) is 2.29. The molecule has 2 aromatic rings. The highest BCUT2D eigenvalue weighted by Gasteiger charge is 2.15. The number of nitrogens with one attached hydrogen (secondary N) is 2. The summed E-state index contributed by atoms with van der Waals surface area (Å²) in [5.74, 6) is 0.930. The van der Waals surface area contributed by atoms with Crippen LogP contribution in [-0.4, -0.2) is 42.3 Å². The summed E-state index contributed by atoms with van der Waals surface area (Å²) in [6.07, 6.45) is 1.63. The van der Waals surface area contributed by atoms with E-state index in [0.29, 0.717) is 6.04 Å². The molecule has 0 spiro atoms. The number of hydrogen-bond donors (Lipinski definition) is 2. The highest BCUT2D eigenvalue weighted by atomic mass is 32.1. The summed E-state index contributed by atoms with van der Waals surface area (Å²) in [5.41, 5.74) is 1.27. The van der Waals surface area contributed by atoms with Crippen LogP contribution in [0.1, 0.15) is 10.4 Å². The molecule has 2 N–H and O–H groups in total. The Morgan fingerprint density at radius 1 is 1.47 bits per heavy atom. The third-order valence-electron chi connectivity index (χ3n) is 3.48. The molecule has 1 aliphatic rings. The Hall–Kier alpha value is -1.24. The van der Waals surface area contributed by atoms with Crippen molar-refractivity contribution in [3.8, 4) is 0 Å². The number of hydrogen-bond acceptors (Lipinski definition) is 6. The molecule has 1 aliphatic heterocycles. The number of ether oxygens (including phenoxy) is 1. The topological polar surface area (TPSA) is 59.1 Å². The van der Waals surface area contributed by atoms with Gasteiger partial charge < -0.3 is 15.4 Å². The lowest BCUT2D eigenvalue weighted by atomic mass is 10.2. The predicted molar refractivity (Wildman–Crippen MR) is 78.0 cm³/mol. The molecule has 1 saturated heterocycles. The Morgan fingerprint density at radius 3 is 3.16 bits per heavy atom. The first-order valence-corrected chi connectivity index (χ1v) is 7.33. The van der Waals surface area contributed by atoms with Crippen molar-refractivity contribution in [2.24, 2.45) is 0 Å². The number of fused-ring (bicyclic) bond motifs is 1. The van der Waals surface area contributed by atoms with Crippen LogP contribution in [0.5, 0.6) is 0 Å². The summed E-state index contributed by atoms with van der Waals surface area (Å²) in [5, 5.41) is 8.01. The van der Waals surface area contributed by atoms with Gasteiger partial charge in [0.1, 0.15) is 17.0 Å². The van der Waals surface area contributed by atoms with Gasteiger partial charge in [0.2, 0.25) is 0 Å². The minimum atomic E-state index is 0.346. The standard InChI is InChI=1S/C13H18N4OS/c1-8-9(2)19-13-11(8)12(16-7-17-13)15-5-10-6-18-4-3-14-10/h7,10,14H,3-6H2,1-2H3,(H,15,16,17). The zero-order chi connectivity index (χ0) is 13.2. The number of anilines is 1. The van der Waals surface area contributed by atoms with Crippen LogP contribution in [0, 0.1) is 13.8 Å². The van der Waals surface area contributed by atoms with Crippen molar-refractivity contribution < 1.29 is 4.74 Å². The molecular weight excluding hydrogens is 260 g/mol. The normalized spacial score (nSPS) is 19.8. The summed E-state index contributed by atoms with van der Waals surface area (Å²) in [6.45, 7) is 7.55. The zero-order valence-electron chi connectivity index (χ0n) is 11.2.